The highest BCUT2D eigenvalue weighted by Gasteiger charge is 2.05. The van der Waals surface area contributed by atoms with Gasteiger partial charge in [0.05, 0.1) is 6.42 Å². The predicted octanol–water partition coefficient (Wildman–Crippen LogP) is 1.51. The minimum Gasteiger partial charge on any atom is -0.481 e. The number of carboxylic acid groups (broad SMARTS) is 2. The molecule has 0 aromatic heterocycles. The van der Waals surface area contributed by atoms with Gasteiger partial charge in [-0.3, -0.25) is 14.4 Å². The van der Waals surface area contributed by atoms with Crippen molar-refractivity contribution < 1.29 is 24.6 Å². The first kappa shape index (κ1) is 14.7. The third-order valence-electron chi connectivity index (χ3n) is 2.39. The molecule has 6 nitrogen and oxygen atoms in total. The van der Waals surface area contributed by atoms with Crippen LogP contribution in [0.15, 0.2) is 24.3 Å². The van der Waals surface area contributed by atoms with Gasteiger partial charge in [-0.15, -0.1) is 0 Å². The maximum Gasteiger partial charge on any atom is 0.307 e. The van der Waals surface area contributed by atoms with Crippen molar-refractivity contribution in [1.29, 1.82) is 0 Å². The molecule has 1 aromatic carbocycles. The van der Waals surface area contributed by atoms with E-state index in [0.29, 0.717) is 11.3 Å². The van der Waals surface area contributed by atoms with E-state index in [-0.39, 0.29) is 31.6 Å². The van der Waals surface area contributed by atoms with Gasteiger partial charge in [0, 0.05) is 18.5 Å². The number of benzene rings is 1. The molecule has 0 heterocycles. The number of carboxylic acids is 2. The molecule has 0 fully saturated rings. The molecule has 0 saturated heterocycles. The molecule has 19 heavy (non-hydrogen) atoms. The fourth-order valence-electron chi connectivity index (χ4n) is 1.50. The second-order valence-electron chi connectivity index (χ2n) is 4.06. The largest absolute Gasteiger partial charge is 0.481 e. The Hall–Kier alpha value is -2.37. The zero-order chi connectivity index (χ0) is 14.3. The maximum atomic E-state index is 11.5. The van der Waals surface area contributed by atoms with Crippen LogP contribution in [0.25, 0.3) is 0 Å². The molecule has 0 saturated carbocycles. The molecular formula is C13H15NO5. The standard InChI is InChI=1S/C13H15NO5/c15-11(2-1-3-12(16)17)14-10-6-4-9(5-7-10)8-13(18)19/h4-7H,1-3,8H2,(H,14,15)(H,16,17)(H,18,19). The minimum absolute atomic E-state index is 0.0367. The molecule has 0 aliphatic rings. The highest BCUT2D eigenvalue weighted by atomic mass is 16.4. The molecule has 1 rings (SSSR count). The molecule has 0 spiro atoms. The number of anilines is 1. The summed E-state index contributed by atoms with van der Waals surface area (Å²) in [5, 5.41) is 19.7. The third kappa shape index (κ3) is 6.21. The van der Waals surface area contributed by atoms with Crippen LogP contribution >= 0.6 is 0 Å². The van der Waals surface area contributed by atoms with E-state index in [1.54, 1.807) is 24.3 Å². The van der Waals surface area contributed by atoms with Crippen molar-refractivity contribution in [2.75, 3.05) is 5.32 Å². The van der Waals surface area contributed by atoms with E-state index < -0.39 is 11.9 Å². The van der Waals surface area contributed by atoms with E-state index in [0.717, 1.165) is 0 Å². The molecule has 0 unspecified atom stereocenters. The van der Waals surface area contributed by atoms with E-state index in [1.165, 1.54) is 0 Å². The van der Waals surface area contributed by atoms with Crippen LogP contribution in [0.4, 0.5) is 5.69 Å². The molecular weight excluding hydrogens is 250 g/mol. The highest BCUT2D eigenvalue weighted by molar-refractivity contribution is 5.90. The monoisotopic (exact) mass is 265 g/mol. The summed E-state index contributed by atoms with van der Waals surface area (Å²) in [6, 6.07) is 6.49. The van der Waals surface area contributed by atoms with Crippen molar-refractivity contribution in [3.63, 3.8) is 0 Å². The zero-order valence-electron chi connectivity index (χ0n) is 10.3. The lowest BCUT2D eigenvalue weighted by atomic mass is 10.1. The summed E-state index contributed by atoms with van der Waals surface area (Å²) in [6.07, 6.45) is 0.333. The zero-order valence-corrected chi connectivity index (χ0v) is 10.3. The van der Waals surface area contributed by atoms with E-state index in [1.807, 2.05) is 0 Å². The SMILES string of the molecule is O=C(O)CCCC(=O)Nc1ccc(CC(=O)O)cc1. The number of amides is 1. The van der Waals surface area contributed by atoms with Gasteiger partial charge in [-0.2, -0.15) is 0 Å². The van der Waals surface area contributed by atoms with Gasteiger partial charge in [-0.25, -0.2) is 0 Å². The fourth-order valence-corrected chi connectivity index (χ4v) is 1.50. The summed E-state index contributed by atoms with van der Waals surface area (Å²) in [4.78, 5) is 32.2. The van der Waals surface area contributed by atoms with Gasteiger partial charge in [0.25, 0.3) is 0 Å². The van der Waals surface area contributed by atoms with Crippen molar-refractivity contribution in [1.82, 2.24) is 0 Å². The van der Waals surface area contributed by atoms with Crippen LogP contribution in [-0.4, -0.2) is 28.1 Å². The summed E-state index contributed by atoms with van der Waals surface area (Å²) in [5.41, 5.74) is 1.21. The molecule has 0 atom stereocenters. The van der Waals surface area contributed by atoms with Gasteiger partial charge < -0.3 is 15.5 Å². The average molecular weight is 265 g/mol. The number of hydrogen-bond donors (Lipinski definition) is 3. The van der Waals surface area contributed by atoms with Gasteiger partial charge in [0.15, 0.2) is 0 Å². The van der Waals surface area contributed by atoms with Gasteiger partial charge in [0.1, 0.15) is 0 Å². The molecule has 3 N–H and O–H groups in total. The lowest BCUT2D eigenvalue weighted by molar-refractivity contribution is -0.137. The summed E-state index contributed by atoms with van der Waals surface area (Å²) < 4.78 is 0. The Morgan fingerprint density at radius 3 is 2.11 bits per heavy atom. The second-order valence-corrected chi connectivity index (χ2v) is 4.06. The average Bonchev–Trinajstić information content (AvgIpc) is 2.30. The number of carbonyl (C=O) groups is 3. The fraction of sp³-hybridized carbons (Fsp3) is 0.308. The van der Waals surface area contributed by atoms with Gasteiger partial charge in [-0.05, 0) is 24.1 Å². The summed E-state index contributed by atoms with van der Waals surface area (Å²) in [6.45, 7) is 0. The summed E-state index contributed by atoms with van der Waals surface area (Å²) in [7, 11) is 0. The van der Waals surface area contributed by atoms with Gasteiger partial charge in [0.2, 0.25) is 5.91 Å². The van der Waals surface area contributed by atoms with Crippen LogP contribution in [0.1, 0.15) is 24.8 Å². The van der Waals surface area contributed by atoms with Crippen molar-refractivity contribution in [3.05, 3.63) is 29.8 Å². The number of nitrogens with one attached hydrogen (secondary N) is 1. The Morgan fingerprint density at radius 2 is 1.58 bits per heavy atom. The van der Waals surface area contributed by atoms with Crippen LogP contribution in [0.5, 0.6) is 0 Å². The van der Waals surface area contributed by atoms with Crippen molar-refractivity contribution in [3.8, 4) is 0 Å². The van der Waals surface area contributed by atoms with Crippen LogP contribution in [0.2, 0.25) is 0 Å². The van der Waals surface area contributed by atoms with Crippen LogP contribution < -0.4 is 5.32 Å². The van der Waals surface area contributed by atoms with E-state index in [9.17, 15) is 14.4 Å². The van der Waals surface area contributed by atoms with Crippen molar-refractivity contribution in [2.24, 2.45) is 0 Å². The molecule has 6 heteroatoms. The Bertz CT molecular complexity index is 466. The molecule has 102 valence electrons. The first-order chi connectivity index (χ1) is 8.97. The Balaban J connectivity index is 2.42. The van der Waals surface area contributed by atoms with Gasteiger partial charge >= 0.3 is 11.9 Å². The van der Waals surface area contributed by atoms with Gasteiger partial charge in [-0.1, -0.05) is 12.1 Å². The Kier molecular flexibility index (Phi) is 5.53. The van der Waals surface area contributed by atoms with Crippen molar-refractivity contribution >= 4 is 23.5 Å². The number of carbonyl (C=O) groups excluding carboxylic acids is 1. The van der Waals surface area contributed by atoms with Crippen molar-refractivity contribution in [2.45, 2.75) is 25.7 Å². The number of aliphatic carboxylic acids is 2. The smallest absolute Gasteiger partial charge is 0.307 e. The lowest BCUT2D eigenvalue weighted by Crippen LogP contribution is -2.12. The number of rotatable bonds is 7. The van der Waals surface area contributed by atoms with Crippen LogP contribution in [0.3, 0.4) is 0 Å². The molecule has 1 amide bonds. The molecule has 0 radical (unpaired) electrons. The predicted molar refractivity (Wildman–Crippen MR) is 67.9 cm³/mol. The summed E-state index contributed by atoms with van der Waals surface area (Å²) >= 11 is 0. The molecule has 0 aliphatic carbocycles. The molecule has 1 aromatic rings. The lowest BCUT2D eigenvalue weighted by Gasteiger charge is -2.05. The Morgan fingerprint density at radius 1 is 0.947 bits per heavy atom. The normalized spacial score (nSPS) is 9.89. The first-order valence-corrected chi connectivity index (χ1v) is 5.80. The molecule has 0 aliphatic heterocycles. The topological polar surface area (TPSA) is 104 Å². The Labute approximate surface area is 110 Å². The third-order valence-corrected chi connectivity index (χ3v) is 2.39. The first-order valence-electron chi connectivity index (χ1n) is 5.80. The van der Waals surface area contributed by atoms with Crippen LogP contribution in [-0.2, 0) is 20.8 Å². The summed E-state index contributed by atoms with van der Waals surface area (Å²) in [5.74, 6) is -2.09. The van der Waals surface area contributed by atoms with E-state index in [2.05, 4.69) is 5.32 Å². The maximum absolute atomic E-state index is 11.5. The van der Waals surface area contributed by atoms with Crippen LogP contribution in [0, 0.1) is 0 Å². The quantitative estimate of drug-likeness (QED) is 0.693. The minimum atomic E-state index is -0.925. The number of hydrogen-bond acceptors (Lipinski definition) is 3. The van der Waals surface area contributed by atoms with E-state index in [4.69, 9.17) is 10.2 Å². The molecule has 0 bridgehead atoms. The second kappa shape index (κ2) is 7.15. The van der Waals surface area contributed by atoms with E-state index >= 15 is 0 Å². The highest BCUT2D eigenvalue weighted by Crippen LogP contribution is 2.11.